The molecule has 0 atom stereocenters. The molecule has 0 saturated heterocycles. The highest BCUT2D eigenvalue weighted by Crippen LogP contribution is 2.26. The largest absolute Gasteiger partial charge is 0.316 e. The maximum Gasteiger partial charge on any atom is 0.190 e. The van der Waals surface area contributed by atoms with Gasteiger partial charge < -0.3 is 4.57 Å². The van der Waals surface area contributed by atoms with Crippen molar-refractivity contribution in [1.29, 1.82) is 0 Å². The van der Waals surface area contributed by atoms with Gasteiger partial charge in [0.25, 0.3) is 0 Å². The summed E-state index contributed by atoms with van der Waals surface area (Å²) in [5.41, 5.74) is 2.17. The molecular weight excluding hydrogens is 310 g/mol. The lowest BCUT2D eigenvalue weighted by Crippen LogP contribution is -2.16. The predicted octanol–water partition coefficient (Wildman–Crippen LogP) is 4.95. The summed E-state index contributed by atoms with van der Waals surface area (Å²) in [6, 6.07) is 8.18. The molecule has 114 valence electrons. The molecular formula is C17H19N3S2. The van der Waals surface area contributed by atoms with Gasteiger partial charge in [-0.2, -0.15) is 0 Å². The van der Waals surface area contributed by atoms with E-state index in [2.05, 4.69) is 46.3 Å². The van der Waals surface area contributed by atoms with E-state index in [-0.39, 0.29) is 0 Å². The summed E-state index contributed by atoms with van der Waals surface area (Å²) >= 11 is 3.47. The quantitative estimate of drug-likeness (QED) is 0.651. The van der Waals surface area contributed by atoms with Gasteiger partial charge in [0.1, 0.15) is 0 Å². The molecule has 0 N–H and O–H groups in total. The summed E-state index contributed by atoms with van der Waals surface area (Å²) in [5, 5.41) is 4.33. The third-order valence-corrected chi connectivity index (χ3v) is 5.13. The van der Waals surface area contributed by atoms with Crippen LogP contribution in [0.5, 0.6) is 0 Å². The lowest BCUT2D eigenvalue weighted by Gasteiger charge is -2.09. The Balaban J connectivity index is 2.04. The lowest BCUT2D eigenvalue weighted by atomic mass is 10.1. The van der Waals surface area contributed by atoms with Crippen LogP contribution in [0.2, 0.25) is 0 Å². The first-order valence-electron chi connectivity index (χ1n) is 7.41. The second-order valence-corrected chi connectivity index (χ2v) is 7.32. The van der Waals surface area contributed by atoms with E-state index in [0.717, 1.165) is 23.5 Å². The molecule has 3 aromatic heterocycles. The third kappa shape index (κ3) is 3.54. The summed E-state index contributed by atoms with van der Waals surface area (Å²) in [4.78, 5) is 11.3. The number of pyridine rings is 1. The molecule has 3 nitrogen and oxygen atoms in total. The molecule has 0 fully saturated rings. The molecule has 5 heteroatoms. The molecule has 0 aliphatic heterocycles. The molecule has 3 rings (SSSR count). The predicted molar refractivity (Wildman–Crippen MR) is 94.5 cm³/mol. The second-order valence-electron chi connectivity index (χ2n) is 5.54. The second kappa shape index (κ2) is 7.03. The highest BCUT2D eigenvalue weighted by Gasteiger charge is 2.09. The van der Waals surface area contributed by atoms with Gasteiger partial charge in [-0.1, -0.05) is 19.9 Å². The topological polar surface area (TPSA) is 30.2 Å². The minimum Gasteiger partial charge on any atom is -0.316 e. The van der Waals surface area contributed by atoms with Gasteiger partial charge in [-0.05, 0) is 35.9 Å². The molecule has 22 heavy (non-hydrogen) atoms. The van der Waals surface area contributed by atoms with Crippen molar-refractivity contribution in [3.63, 3.8) is 0 Å². The van der Waals surface area contributed by atoms with Crippen LogP contribution in [-0.2, 0) is 6.54 Å². The summed E-state index contributed by atoms with van der Waals surface area (Å²) in [6.45, 7) is 5.51. The maximum atomic E-state index is 4.77. The van der Waals surface area contributed by atoms with Crippen LogP contribution in [0.3, 0.4) is 0 Å². The van der Waals surface area contributed by atoms with Crippen LogP contribution >= 0.6 is 22.7 Å². The Morgan fingerprint density at radius 2 is 2.14 bits per heavy atom. The molecule has 0 bridgehead atoms. The standard InChI is InChI=1S/C17H19N3S2/c1-13(2)7-9-20-15(16-6-4-10-21-16)12-22-17(20)19-14-5-3-8-18-11-14/h3-6,8,10-13H,7,9H2,1-2H3. The van der Waals surface area contributed by atoms with Gasteiger partial charge in [-0.3, -0.25) is 4.98 Å². The van der Waals surface area contributed by atoms with Crippen LogP contribution in [-0.4, -0.2) is 9.55 Å². The first-order valence-corrected chi connectivity index (χ1v) is 9.17. The average molecular weight is 329 g/mol. The van der Waals surface area contributed by atoms with E-state index < -0.39 is 0 Å². The number of hydrogen-bond donors (Lipinski definition) is 0. The van der Waals surface area contributed by atoms with Crippen LogP contribution in [0.1, 0.15) is 20.3 Å². The number of nitrogens with zero attached hydrogens (tertiary/aromatic N) is 3. The summed E-state index contributed by atoms with van der Waals surface area (Å²) < 4.78 is 2.34. The Morgan fingerprint density at radius 3 is 2.82 bits per heavy atom. The molecule has 0 aromatic carbocycles. The molecule has 0 aliphatic carbocycles. The zero-order valence-corrected chi connectivity index (χ0v) is 14.4. The van der Waals surface area contributed by atoms with E-state index in [4.69, 9.17) is 4.99 Å². The fourth-order valence-electron chi connectivity index (χ4n) is 2.17. The number of aromatic nitrogens is 2. The molecule has 0 amide bonds. The van der Waals surface area contributed by atoms with Crippen LogP contribution in [0.25, 0.3) is 10.6 Å². The number of rotatable bonds is 5. The van der Waals surface area contributed by atoms with Crippen molar-refractivity contribution >= 4 is 28.4 Å². The van der Waals surface area contributed by atoms with Crippen molar-refractivity contribution < 1.29 is 0 Å². The fourth-order valence-corrected chi connectivity index (χ4v) is 3.95. The minimum absolute atomic E-state index is 0.676. The SMILES string of the molecule is CC(C)CCn1c(-c2cccs2)csc1=Nc1cccnc1. The van der Waals surface area contributed by atoms with Crippen LogP contribution in [0, 0.1) is 5.92 Å². The molecule has 3 aromatic rings. The van der Waals surface area contributed by atoms with Gasteiger partial charge in [-0.25, -0.2) is 4.99 Å². The Hall–Kier alpha value is -1.72. The molecule has 0 unspecified atom stereocenters. The van der Waals surface area contributed by atoms with Crippen molar-refractivity contribution in [2.45, 2.75) is 26.8 Å². The number of hydrogen-bond acceptors (Lipinski definition) is 4. The smallest absolute Gasteiger partial charge is 0.190 e. The first kappa shape index (κ1) is 15.2. The zero-order chi connectivity index (χ0) is 15.4. The maximum absolute atomic E-state index is 4.77. The fraction of sp³-hybridized carbons (Fsp3) is 0.294. The Morgan fingerprint density at radius 1 is 1.23 bits per heavy atom. The Kier molecular flexibility index (Phi) is 4.85. The van der Waals surface area contributed by atoms with Crippen molar-refractivity contribution in [3.05, 3.63) is 52.2 Å². The monoisotopic (exact) mass is 329 g/mol. The van der Waals surface area contributed by atoms with Gasteiger partial charge >= 0.3 is 0 Å². The highest BCUT2D eigenvalue weighted by atomic mass is 32.1. The molecule has 0 radical (unpaired) electrons. The van der Waals surface area contributed by atoms with Crippen LogP contribution in [0.15, 0.2) is 52.4 Å². The van der Waals surface area contributed by atoms with Gasteiger partial charge in [-0.15, -0.1) is 22.7 Å². The summed E-state index contributed by atoms with van der Waals surface area (Å²) in [7, 11) is 0. The summed E-state index contributed by atoms with van der Waals surface area (Å²) in [6.07, 6.45) is 4.73. The molecule has 0 saturated carbocycles. The zero-order valence-electron chi connectivity index (χ0n) is 12.8. The first-order chi connectivity index (χ1) is 10.7. The van der Waals surface area contributed by atoms with E-state index in [0.29, 0.717) is 5.92 Å². The van der Waals surface area contributed by atoms with E-state index in [1.807, 2.05) is 12.1 Å². The molecule has 3 heterocycles. The number of thiazole rings is 1. The van der Waals surface area contributed by atoms with Gasteiger partial charge in [0.15, 0.2) is 4.80 Å². The van der Waals surface area contributed by atoms with Crippen molar-refractivity contribution in [2.24, 2.45) is 10.9 Å². The van der Waals surface area contributed by atoms with Crippen LogP contribution in [0.4, 0.5) is 5.69 Å². The highest BCUT2D eigenvalue weighted by molar-refractivity contribution is 7.14. The Labute approximate surface area is 138 Å². The third-order valence-electron chi connectivity index (χ3n) is 3.37. The van der Waals surface area contributed by atoms with Gasteiger partial charge in [0, 0.05) is 18.1 Å². The van der Waals surface area contributed by atoms with Crippen molar-refractivity contribution in [3.8, 4) is 10.6 Å². The lowest BCUT2D eigenvalue weighted by molar-refractivity contribution is 0.513. The van der Waals surface area contributed by atoms with E-state index in [1.165, 1.54) is 10.6 Å². The Bertz CT molecular complexity index is 768. The van der Waals surface area contributed by atoms with Gasteiger partial charge in [0.05, 0.1) is 22.5 Å². The normalized spacial score (nSPS) is 12.2. The van der Waals surface area contributed by atoms with E-state index in [9.17, 15) is 0 Å². The molecule has 0 spiro atoms. The van der Waals surface area contributed by atoms with Gasteiger partial charge in [0.2, 0.25) is 0 Å². The van der Waals surface area contributed by atoms with Crippen LogP contribution < -0.4 is 4.80 Å². The van der Waals surface area contributed by atoms with E-state index in [1.54, 1.807) is 35.1 Å². The number of thiophene rings is 1. The summed E-state index contributed by atoms with van der Waals surface area (Å²) in [5.74, 6) is 0.676. The van der Waals surface area contributed by atoms with Crippen molar-refractivity contribution in [2.75, 3.05) is 0 Å². The molecule has 0 aliphatic rings. The van der Waals surface area contributed by atoms with E-state index >= 15 is 0 Å². The average Bonchev–Trinajstić information content (AvgIpc) is 3.15. The minimum atomic E-state index is 0.676. The van der Waals surface area contributed by atoms with Crippen molar-refractivity contribution in [1.82, 2.24) is 9.55 Å².